The molecule has 1 saturated heterocycles. The molecule has 1 fully saturated rings. The number of hydrogen-bond donors (Lipinski definition) is 1. The maximum Gasteiger partial charge on any atom is 0.224 e. The molecule has 1 unspecified atom stereocenters. The van der Waals surface area contributed by atoms with Gasteiger partial charge >= 0.3 is 0 Å². The van der Waals surface area contributed by atoms with Crippen molar-refractivity contribution in [3.63, 3.8) is 0 Å². The molecule has 7 nitrogen and oxygen atoms in total. The number of aryl methyl sites for hydroxylation is 1. The molecule has 0 aromatic carbocycles. The molecule has 134 valence electrons. The van der Waals surface area contributed by atoms with Gasteiger partial charge in [-0.1, -0.05) is 6.08 Å². The molecule has 4 heterocycles. The van der Waals surface area contributed by atoms with Crippen LogP contribution in [0.2, 0.25) is 0 Å². The lowest BCUT2D eigenvalue weighted by molar-refractivity contribution is 0.122. The van der Waals surface area contributed by atoms with Crippen LogP contribution in [0.15, 0.2) is 33.4 Å². The van der Waals surface area contributed by atoms with Crippen molar-refractivity contribution in [2.75, 3.05) is 31.2 Å². The molecule has 1 aliphatic carbocycles. The van der Waals surface area contributed by atoms with Gasteiger partial charge in [-0.3, -0.25) is 0 Å². The van der Waals surface area contributed by atoms with Crippen LogP contribution in [0.1, 0.15) is 30.1 Å². The van der Waals surface area contributed by atoms with Crippen LogP contribution in [0.4, 0.5) is 11.7 Å². The van der Waals surface area contributed by atoms with E-state index in [1.807, 2.05) is 18.4 Å². The molecule has 0 spiro atoms. The molecular formula is C19H20N4O3. The van der Waals surface area contributed by atoms with Crippen molar-refractivity contribution in [3.8, 4) is 0 Å². The number of allylic oxidation sites excluding steroid dienone is 3. The average Bonchev–Trinajstić information content (AvgIpc) is 3.06. The molecule has 7 heteroatoms. The summed E-state index contributed by atoms with van der Waals surface area (Å²) < 4.78 is 11.5. The highest BCUT2D eigenvalue weighted by Gasteiger charge is 2.27. The summed E-state index contributed by atoms with van der Waals surface area (Å²) >= 11 is 0. The Kier molecular flexibility index (Phi) is 3.74. The van der Waals surface area contributed by atoms with E-state index in [0.717, 1.165) is 49.2 Å². The van der Waals surface area contributed by atoms with Crippen LogP contribution in [0, 0.1) is 0 Å². The fraction of sp³-hybridized carbons (Fsp3) is 0.421. The number of ether oxygens (including phenoxy) is 1. The summed E-state index contributed by atoms with van der Waals surface area (Å²) in [5.74, 6) is 2.39. The summed E-state index contributed by atoms with van der Waals surface area (Å²) in [6, 6.07) is 0. The molecule has 2 aliphatic heterocycles. The van der Waals surface area contributed by atoms with Crippen LogP contribution >= 0.6 is 0 Å². The average molecular weight is 352 g/mol. The van der Waals surface area contributed by atoms with Gasteiger partial charge in [0.2, 0.25) is 5.88 Å². The van der Waals surface area contributed by atoms with Crippen molar-refractivity contribution < 1.29 is 14.3 Å². The summed E-state index contributed by atoms with van der Waals surface area (Å²) in [4.78, 5) is 16.3. The number of rotatable bonds is 2. The molecular weight excluding hydrogens is 332 g/mol. The minimum absolute atomic E-state index is 0.0400. The number of nitrogens with zero attached hydrogens (tertiary/aromatic N) is 4. The van der Waals surface area contributed by atoms with E-state index >= 15 is 0 Å². The van der Waals surface area contributed by atoms with E-state index in [2.05, 4.69) is 9.89 Å². The molecule has 0 radical (unpaired) electrons. The van der Waals surface area contributed by atoms with E-state index in [1.165, 1.54) is 0 Å². The summed E-state index contributed by atoms with van der Waals surface area (Å²) in [6.07, 6.45) is 9.91. The van der Waals surface area contributed by atoms with Crippen LogP contribution in [0.25, 0.3) is 11.1 Å². The van der Waals surface area contributed by atoms with Gasteiger partial charge in [0.1, 0.15) is 17.1 Å². The summed E-state index contributed by atoms with van der Waals surface area (Å²) in [6.45, 7) is 2.89. The Morgan fingerprint density at radius 2 is 2.08 bits per heavy atom. The zero-order valence-corrected chi connectivity index (χ0v) is 14.4. The third kappa shape index (κ3) is 2.59. The Bertz CT molecular complexity index is 938. The Hall–Kier alpha value is -2.67. The minimum Gasteiger partial charge on any atom is -0.508 e. The van der Waals surface area contributed by atoms with E-state index in [1.54, 1.807) is 6.08 Å². The smallest absolute Gasteiger partial charge is 0.224 e. The molecule has 1 atom stereocenters. The van der Waals surface area contributed by atoms with Crippen LogP contribution in [-0.4, -0.2) is 47.6 Å². The first kappa shape index (κ1) is 15.6. The lowest BCUT2D eigenvalue weighted by Gasteiger charge is -2.28. The fourth-order valence-corrected chi connectivity index (χ4v) is 3.70. The van der Waals surface area contributed by atoms with Crippen LogP contribution in [0.3, 0.4) is 0 Å². The van der Waals surface area contributed by atoms with E-state index in [0.29, 0.717) is 30.5 Å². The normalized spacial score (nSPS) is 22.5. The summed E-state index contributed by atoms with van der Waals surface area (Å²) in [7, 11) is 0. The van der Waals surface area contributed by atoms with Gasteiger partial charge in [0, 0.05) is 30.8 Å². The van der Waals surface area contributed by atoms with E-state index in [-0.39, 0.29) is 11.7 Å². The highest BCUT2D eigenvalue weighted by molar-refractivity contribution is 5.91. The Morgan fingerprint density at radius 1 is 1.19 bits per heavy atom. The lowest BCUT2D eigenvalue weighted by atomic mass is 9.99. The fourth-order valence-electron chi connectivity index (χ4n) is 3.70. The topological polar surface area (TPSA) is 84.0 Å². The lowest BCUT2D eigenvalue weighted by Crippen LogP contribution is -2.37. The molecule has 5 rings (SSSR count). The standard InChI is InChI=1S/C19H20N4O3/c24-13-4-1-3-12(11-13)17-21-15-14-5-2-6-20-19(14)26-16(15)18(22-17)23-7-9-25-10-8-23/h1,4,6,11-12,24H,2-3,5,7-10H2. The quantitative estimate of drug-likeness (QED) is 0.893. The minimum atomic E-state index is -0.0400. The monoisotopic (exact) mass is 352 g/mol. The van der Waals surface area contributed by atoms with Crippen LogP contribution in [-0.2, 0) is 11.2 Å². The number of aliphatic hydroxyl groups excluding tert-OH is 1. The van der Waals surface area contributed by atoms with E-state index < -0.39 is 0 Å². The second-order valence-corrected chi connectivity index (χ2v) is 6.75. The van der Waals surface area contributed by atoms with Crippen LogP contribution in [0.5, 0.6) is 0 Å². The highest BCUT2D eigenvalue weighted by atomic mass is 16.5. The third-order valence-corrected chi connectivity index (χ3v) is 5.03. The van der Waals surface area contributed by atoms with Gasteiger partial charge in [0.05, 0.1) is 13.2 Å². The van der Waals surface area contributed by atoms with Crippen molar-refractivity contribution in [1.82, 2.24) is 9.97 Å². The largest absolute Gasteiger partial charge is 0.508 e. The van der Waals surface area contributed by atoms with Crippen molar-refractivity contribution in [3.05, 3.63) is 35.4 Å². The Morgan fingerprint density at radius 3 is 2.92 bits per heavy atom. The number of anilines is 1. The van der Waals surface area contributed by atoms with Gasteiger partial charge in [-0.05, 0) is 31.4 Å². The second-order valence-electron chi connectivity index (χ2n) is 6.75. The van der Waals surface area contributed by atoms with Gasteiger partial charge in [-0.25, -0.2) is 15.0 Å². The molecule has 0 amide bonds. The van der Waals surface area contributed by atoms with Crippen LogP contribution < -0.4 is 4.90 Å². The van der Waals surface area contributed by atoms with Crippen molar-refractivity contribution in [1.29, 1.82) is 0 Å². The molecule has 1 N–H and O–H groups in total. The van der Waals surface area contributed by atoms with Crippen molar-refractivity contribution >= 4 is 29.0 Å². The number of morpholine rings is 1. The van der Waals surface area contributed by atoms with E-state index in [9.17, 15) is 5.11 Å². The number of aliphatic imine (C=N–C) groups is 1. The van der Waals surface area contributed by atoms with Gasteiger partial charge in [-0.2, -0.15) is 0 Å². The maximum absolute atomic E-state index is 9.88. The van der Waals surface area contributed by atoms with Crippen molar-refractivity contribution in [2.45, 2.75) is 25.2 Å². The number of hydrogen-bond acceptors (Lipinski definition) is 7. The van der Waals surface area contributed by atoms with Gasteiger partial charge in [-0.15, -0.1) is 0 Å². The van der Waals surface area contributed by atoms with Gasteiger partial charge in [0.15, 0.2) is 11.4 Å². The molecule has 2 aromatic heterocycles. The Balaban J connectivity index is 1.68. The van der Waals surface area contributed by atoms with Gasteiger partial charge < -0.3 is 19.2 Å². The molecule has 0 bridgehead atoms. The predicted octanol–water partition coefficient (Wildman–Crippen LogP) is 3.19. The Labute approximate surface area is 150 Å². The molecule has 3 aliphatic rings. The number of aromatic nitrogens is 2. The third-order valence-electron chi connectivity index (χ3n) is 5.03. The summed E-state index contributed by atoms with van der Waals surface area (Å²) in [5, 5.41) is 9.88. The molecule has 2 aromatic rings. The number of furan rings is 1. The molecule has 0 saturated carbocycles. The molecule has 26 heavy (non-hydrogen) atoms. The second kappa shape index (κ2) is 6.25. The summed E-state index contributed by atoms with van der Waals surface area (Å²) in [5.41, 5.74) is 2.62. The van der Waals surface area contributed by atoms with E-state index in [4.69, 9.17) is 19.1 Å². The zero-order chi connectivity index (χ0) is 17.5. The van der Waals surface area contributed by atoms with Crippen molar-refractivity contribution in [2.24, 2.45) is 4.99 Å². The maximum atomic E-state index is 9.88. The number of aliphatic hydroxyl groups is 1. The predicted molar refractivity (Wildman–Crippen MR) is 98.5 cm³/mol. The first-order chi connectivity index (χ1) is 12.8. The van der Waals surface area contributed by atoms with Gasteiger partial charge in [0.25, 0.3) is 0 Å². The zero-order valence-electron chi connectivity index (χ0n) is 14.4. The number of fused-ring (bicyclic) bond motifs is 3. The first-order valence-corrected chi connectivity index (χ1v) is 9.05. The first-order valence-electron chi connectivity index (χ1n) is 9.05. The highest BCUT2D eigenvalue weighted by Crippen LogP contribution is 2.39. The SMILES string of the molecule is OC1=CC(c2nc(N3CCOCC3)c3oc4c(c3n2)CCC=N4)CC=C1.